The van der Waals surface area contributed by atoms with E-state index in [1.807, 2.05) is 11.3 Å². The van der Waals surface area contributed by atoms with Gasteiger partial charge in [-0.15, -0.1) is 11.3 Å². The van der Waals surface area contributed by atoms with Gasteiger partial charge in [-0.1, -0.05) is 0 Å². The van der Waals surface area contributed by atoms with E-state index < -0.39 is 0 Å². The monoisotopic (exact) mass is 227 g/mol. The Labute approximate surface area is 96.3 Å². The summed E-state index contributed by atoms with van der Waals surface area (Å²) in [6, 6.07) is 4.62. The van der Waals surface area contributed by atoms with Crippen molar-refractivity contribution >= 4 is 11.3 Å². The normalized spacial score (nSPS) is 13.4. The van der Waals surface area contributed by atoms with Crippen LogP contribution in [0.25, 0.3) is 0 Å². The zero-order valence-electron chi connectivity index (χ0n) is 9.79. The molecular formula is C11H21N3S. The SMILES string of the molecule is Cc1ccc(C(CN)NCCN(C)C)s1. The van der Waals surface area contributed by atoms with Crippen molar-refractivity contribution in [2.45, 2.75) is 13.0 Å². The lowest BCUT2D eigenvalue weighted by Crippen LogP contribution is -2.33. The van der Waals surface area contributed by atoms with Crippen molar-refractivity contribution in [3.8, 4) is 0 Å². The van der Waals surface area contributed by atoms with Crippen LogP contribution >= 0.6 is 11.3 Å². The first kappa shape index (κ1) is 12.6. The number of nitrogens with zero attached hydrogens (tertiary/aromatic N) is 1. The predicted octanol–water partition coefficient (Wildman–Crippen LogP) is 1.21. The Morgan fingerprint density at radius 3 is 2.67 bits per heavy atom. The Balaban J connectivity index is 2.42. The number of rotatable bonds is 6. The molecule has 0 amide bonds. The highest BCUT2D eigenvalue weighted by Crippen LogP contribution is 2.21. The van der Waals surface area contributed by atoms with Gasteiger partial charge in [0.1, 0.15) is 0 Å². The topological polar surface area (TPSA) is 41.3 Å². The van der Waals surface area contributed by atoms with Crippen molar-refractivity contribution in [2.24, 2.45) is 5.73 Å². The summed E-state index contributed by atoms with van der Waals surface area (Å²) in [4.78, 5) is 4.85. The molecule has 1 atom stereocenters. The van der Waals surface area contributed by atoms with Crippen molar-refractivity contribution in [1.82, 2.24) is 10.2 Å². The van der Waals surface area contributed by atoms with Crippen molar-refractivity contribution in [3.63, 3.8) is 0 Å². The van der Waals surface area contributed by atoms with Crippen LogP contribution in [0.4, 0.5) is 0 Å². The van der Waals surface area contributed by atoms with Crippen molar-refractivity contribution in [2.75, 3.05) is 33.7 Å². The van der Waals surface area contributed by atoms with E-state index in [0.29, 0.717) is 12.6 Å². The number of thiophene rings is 1. The summed E-state index contributed by atoms with van der Waals surface area (Å²) in [5, 5.41) is 3.47. The maximum absolute atomic E-state index is 5.76. The van der Waals surface area contributed by atoms with Crippen LogP contribution in [0.2, 0.25) is 0 Å². The average molecular weight is 227 g/mol. The first-order valence-electron chi connectivity index (χ1n) is 5.28. The largest absolute Gasteiger partial charge is 0.329 e. The Hall–Kier alpha value is -0.420. The molecular weight excluding hydrogens is 206 g/mol. The number of nitrogens with two attached hydrogens (primary N) is 1. The molecule has 0 aromatic carbocycles. The summed E-state index contributed by atoms with van der Waals surface area (Å²) < 4.78 is 0. The molecule has 15 heavy (non-hydrogen) atoms. The number of aryl methyl sites for hydroxylation is 1. The molecule has 0 saturated carbocycles. The van der Waals surface area contributed by atoms with Crippen LogP contribution in [-0.4, -0.2) is 38.6 Å². The second-order valence-electron chi connectivity index (χ2n) is 3.99. The summed E-state index contributed by atoms with van der Waals surface area (Å²) in [6.07, 6.45) is 0. The van der Waals surface area contributed by atoms with Crippen LogP contribution in [0, 0.1) is 6.92 Å². The van der Waals surface area contributed by atoms with E-state index in [1.165, 1.54) is 9.75 Å². The van der Waals surface area contributed by atoms with E-state index in [-0.39, 0.29) is 0 Å². The molecule has 1 heterocycles. The van der Waals surface area contributed by atoms with Crippen molar-refractivity contribution in [1.29, 1.82) is 0 Å². The second-order valence-corrected chi connectivity index (χ2v) is 5.31. The standard InChI is InChI=1S/C11H21N3S/c1-9-4-5-11(15-9)10(8-12)13-6-7-14(2)3/h4-5,10,13H,6-8,12H2,1-3H3. The predicted molar refractivity (Wildman–Crippen MR) is 67.4 cm³/mol. The third-order valence-corrected chi connectivity index (χ3v) is 3.40. The molecule has 0 bridgehead atoms. The van der Waals surface area contributed by atoms with Gasteiger partial charge in [-0.05, 0) is 33.2 Å². The fourth-order valence-electron chi connectivity index (χ4n) is 1.40. The van der Waals surface area contributed by atoms with Gasteiger partial charge in [0.2, 0.25) is 0 Å². The molecule has 0 aliphatic heterocycles. The van der Waals surface area contributed by atoms with Crippen LogP contribution in [0.5, 0.6) is 0 Å². The van der Waals surface area contributed by atoms with Crippen LogP contribution in [-0.2, 0) is 0 Å². The van der Waals surface area contributed by atoms with E-state index in [9.17, 15) is 0 Å². The molecule has 1 aromatic rings. The number of nitrogens with one attached hydrogen (secondary N) is 1. The lowest BCUT2D eigenvalue weighted by atomic mass is 10.2. The highest BCUT2D eigenvalue weighted by Gasteiger charge is 2.10. The maximum atomic E-state index is 5.76. The van der Waals surface area contributed by atoms with Crippen LogP contribution in [0.1, 0.15) is 15.8 Å². The maximum Gasteiger partial charge on any atom is 0.0539 e. The molecule has 0 aliphatic rings. The van der Waals surface area contributed by atoms with Gasteiger partial charge in [0.25, 0.3) is 0 Å². The Bertz CT molecular complexity index is 283. The third-order valence-electron chi connectivity index (χ3n) is 2.29. The fraction of sp³-hybridized carbons (Fsp3) is 0.636. The molecule has 1 rings (SSSR count). The molecule has 0 radical (unpaired) electrons. The van der Waals surface area contributed by atoms with E-state index in [4.69, 9.17) is 5.73 Å². The minimum absolute atomic E-state index is 0.309. The van der Waals surface area contributed by atoms with Crippen molar-refractivity contribution < 1.29 is 0 Å². The second kappa shape index (κ2) is 6.23. The Morgan fingerprint density at radius 2 is 2.20 bits per heavy atom. The minimum atomic E-state index is 0.309. The lowest BCUT2D eigenvalue weighted by Gasteiger charge is -2.17. The Kier molecular flexibility index (Phi) is 5.25. The summed E-state index contributed by atoms with van der Waals surface area (Å²) in [7, 11) is 4.16. The molecule has 0 aliphatic carbocycles. The highest BCUT2D eigenvalue weighted by molar-refractivity contribution is 7.12. The van der Waals surface area contributed by atoms with Gasteiger partial charge >= 0.3 is 0 Å². The molecule has 0 fully saturated rings. The van der Waals surface area contributed by atoms with Gasteiger partial charge in [-0.25, -0.2) is 0 Å². The van der Waals surface area contributed by atoms with E-state index in [2.05, 4.69) is 43.4 Å². The van der Waals surface area contributed by atoms with Crippen LogP contribution < -0.4 is 11.1 Å². The smallest absolute Gasteiger partial charge is 0.0539 e. The molecule has 1 unspecified atom stereocenters. The molecule has 0 spiro atoms. The van der Waals surface area contributed by atoms with E-state index in [1.54, 1.807) is 0 Å². The first-order chi connectivity index (χ1) is 7.13. The molecule has 0 saturated heterocycles. The highest BCUT2D eigenvalue weighted by atomic mass is 32.1. The summed E-state index contributed by atoms with van der Waals surface area (Å²) >= 11 is 1.82. The van der Waals surface area contributed by atoms with Gasteiger partial charge in [0.05, 0.1) is 6.04 Å². The van der Waals surface area contributed by atoms with E-state index in [0.717, 1.165) is 13.1 Å². The van der Waals surface area contributed by atoms with Gasteiger partial charge in [-0.2, -0.15) is 0 Å². The summed E-state index contributed by atoms with van der Waals surface area (Å²) in [6.45, 7) is 4.81. The van der Waals surface area contributed by atoms with E-state index >= 15 is 0 Å². The van der Waals surface area contributed by atoms with Gasteiger partial charge in [0, 0.05) is 29.4 Å². The molecule has 4 heteroatoms. The van der Waals surface area contributed by atoms with Gasteiger partial charge in [-0.3, -0.25) is 0 Å². The Morgan fingerprint density at radius 1 is 1.47 bits per heavy atom. The van der Waals surface area contributed by atoms with Crippen molar-refractivity contribution in [3.05, 3.63) is 21.9 Å². The molecule has 86 valence electrons. The summed E-state index contributed by atoms with van der Waals surface area (Å²) in [5.41, 5.74) is 5.76. The number of hydrogen-bond acceptors (Lipinski definition) is 4. The number of hydrogen-bond donors (Lipinski definition) is 2. The first-order valence-corrected chi connectivity index (χ1v) is 6.09. The molecule has 1 aromatic heterocycles. The third kappa shape index (κ3) is 4.30. The molecule has 3 N–H and O–H groups in total. The zero-order chi connectivity index (χ0) is 11.3. The van der Waals surface area contributed by atoms with Crippen LogP contribution in [0.3, 0.4) is 0 Å². The lowest BCUT2D eigenvalue weighted by molar-refractivity contribution is 0.386. The van der Waals surface area contributed by atoms with Gasteiger partial charge in [0.15, 0.2) is 0 Å². The minimum Gasteiger partial charge on any atom is -0.329 e. The summed E-state index contributed by atoms with van der Waals surface area (Å²) in [5.74, 6) is 0. The van der Waals surface area contributed by atoms with Crippen LogP contribution in [0.15, 0.2) is 12.1 Å². The quantitative estimate of drug-likeness (QED) is 0.767. The van der Waals surface area contributed by atoms with Gasteiger partial charge < -0.3 is 16.0 Å². The molecule has 3 nitrogen and oxygen atoms in total. The average Bonchev–Trinajstić information content (AvgIpc) is 2.59. The zero-order valence-corrected chi connectivity index (χ0v) is 10.6. The fourth-order valence-corrected chi connectivity index (χ4v) is 2.37. The number of likely N-dealkylation sites (N-methyl/N-ethyl adjacent to an activating group) is 1.